The Balaban J connectivity index is 2.21. The summed E-state index contributed by atoms with van der Waals surface area (Å²) >= 11 is 6.84. The van der Waals surface area contributed by atoms with Crippen LogP contribution in [0.4, 0.5) is 0 Å². The molecule has 1 aliphatic carbocycles. The number of benzene rings is 1. The number of halogens is 1. The van der Waals surface area contributed by atoms with E-state index >= 15 is 0 Å². The standard InChI is InChI=1S/C16H24ClNO/c1-18(2)13-15(17)10-6-7-11-16(15,19)12-14-8-4-3-5-9-14/h3-5,8-9,19H,6-7,10-13H2,1-2H3. The van der Waals surface area contributed by atoms with Crippen molar-refractivity contribution >= 4 is 11.6 Å². The third-order valence-corrected chi connectivity index (χ3v) is 4.81. The quantitative estimate of drug-likeness (QED) is 0.858. The summed E-state index contributed by atoms with van der Waals surface area (Å²) in [6.07, 6.45) is 4.49. The highest BCUT2D eigenvalue weighted by atomic mass is 35.5. The van der Waals surface area contributed by atoms with Crippen LogP contribution in [0.15, 0.2) is 30.3 Å². The molecule has 106 valence electrons. The minimum absolute atomic E-state index is 0.537. The van der Waals surface area contributed by atoms with Crippen molar-refractivity contribution in [3.63, 3.8) is 0 Å². The first-order chi connectivity index (χ1) is 8.95. The molecule has 1 saturated carbocycles. The Kier molecular flexibility index (Phi) is 4.54. The van der Waals surface area contributed by atoms with Gasteiger partial charge in [-0.15, -0.1) is 11.6 Å². The Morgan fingerprint density at radius 2 is 1.79 bits per heavy atom. The van der Waals surface area contributed by atoms with Crippen LogP contribution in [-0.4, -0.2) is 41.1 Å². The molecule has 19 heavy (non-hydrogen) atoms. The Hall–Kier alpha value is -0.570. The van der Waals surface area contributed by atoms with Gasteiger partial charge in [-0.05, 0) is 32.5 Å². The van der Waals surface area contributed by atoms with Gasteiger partial charge < -0.3 is 10.0 Å². The molecule has 2 nitrogen and oxygen atoms in total. The maximum absolute atomic E-state index is 11.1. The molecule has 0 saturated heterocycles. The first-order valence-electron chi connectivity index (χ1n) is 7.05. The predicted molar refractivity (Wildman–Crippen MR) is 80.7 cm³/mol. The second-order valence-electron chi connectivity index (χ2n) is 6.10. The zero-order valence-corrected chi connectivity index (χ0v) is 12.7. The van der Waals surface area contributed by atoms with Gasteiger partial charge in [-0.25, -0.2) is 0 Å². The van der Waals surface area contributed by atoms with E-state index in [9.17, 15) is 5.11 Å². The van der Waals surface area contributed by atoms with Crippen molar-refractivity contribution in [3.8, 4) is 0 Å². The topological polar surface area (TPSA) is 23.5 Å². The van der Waals surface area contributed by atoms with Crippen LogP contribution < -0.4 is 0 Å². The summed E-state index contributed by atoms with van der Waals surface area (Å²) < 4.78 is 0. The van der Waals surface area contributed by atoms with Crippen LogP contribution in [0.1, 0.15) is 31.2 Å². The van der Waals surface area contributed by atoms with Gasteiger partial charge in [0.05, 0.1) is 10.5 Å². The molecule has 3 heteroatoms. The van der Waals surface area contributed by atoms with Crippen LogP contribution in [0.5, 0.6) is 0 Å². The normalized spacial score (nSPS) is 31.6. The van der Waals surface area contributed by atoms with Crippen molar-refractivity contribution in [3.05, 3.63) is 35.9 Å². The van der Waals surface area contributed by atoms with Crippen LogP contribution in [-0.2, 0) is 6.42 Å². The molecule has 0 radical (unpaired) electrons. The van der Waals surface area contributed by atoms with Gasteiger partial charge in [0.25, 0.3) is 0 Å². The SMILES string of the molecule is CN(C)CC1(Cl)CCCCC1(O)Cc1ccccc1. The van der Waals surface area contributed by atoms with E-state index in [0.717, 1.165) is 37.8 Å². The van der Waals surface area contributed by atoms with Gasteiger partial charge in [0.15, 0.2) is 0 Å². The lowest BCUT2D eigenvalue weighted by molar-refractivity contribution is -0.0399. The van der Waals surface area contributed by atoms with Crippen LogP contribution in [0, 0.1) is 0 Å². The molecule has 0 spiro atoms. The average molecular weight is 282 g/mol. The Labute approximate surface area is 121 Å². The maximum atomic E-state index is 11.1. The number of rotatable bonds is 4. The maximum Gasteiger partial charge on any atom is 0.0891 e. The van der Waals surface area contributed by atoms with Gasteiger partial charge in [0.2, 0.25) is 0 Å². The van der Waals surface area contributed by atoms with Gasteiger partial charge in [0.1, 0.15) is 0 Å². The summed E-state index contributed by atoms with van der Waals surface area (Å²) in [4.78, 5) is 1.54. The molecular weight excluding hydrogens is 258 g/mol. The number of hydrogen-bond donors (Lipinski definition) is 1. The monoisotopic (exact) mass is 281 g/mol. The summed E-state index contributed by atoms with van der Waals surface area (Å²) in [5.74, 6) is 0. The van der Waals surface area contributed by atoms with Crippen LogP contribution in [0.2, 0.25) is 0 Å². The van der Waals surface area contributed by atoms with Gasteiger partial charge in [0, 0.05) is 13.0 Å². The molecule has 1 aliphatic rings. The molecular formula is C16H24ClNO. The lowest BCUT2D eigenvalue weighted by Crippen LogP contribution is -2.58. The van der Waals surface area contributed by atoms with Crippen molar-refractivity contribution in [2.45, 2.75) is 42.6 Å². The molecule has 0 amide bonds. The van der Waals surface area contributed by atoms with E-state index < -0.39 is 10.5 Å². The van der Waals surface area contributed by atoms with Gasteiger partial charge >= 0.3 is 0 Å². The van der Waals surface area contributed by atoms with Crippen LogP contribution in [0.25, 0.3) is 0 Å². The Morgan fingerprint density at radius 3 is 2.42 bits per heavy atom. The molecule has 0 bridgehead atoms. The summed E-state index contributed by atoms with van der Waals surface area (Å²) in [6, 6.07) is 10.2. The third kappa shape index (κ3) is 3.31. The zero-order chi connectivity index (χ0) is 13.9. The summed E-state index contributed by atoms with van der Waals surface area (Å²) in [7, 11) is 4.03. The molecule has 0 heterocycles. The highest BCUT2D eigenvalue weighted by molar-refractivity contribution is 6.25. The van der Waals surface area contributed by atoms with Gasteiger partial charge in [-0.2, -0.15) is 0 Å². The number of alkyl halides is 1. The number of nitrogens with zero attached hydrogens (tertiary/aromatic N) is 1. The molecule has 0 aromatic heterocycles. The molecule has 2 atom stereocenters. The number of aliphatic hydroxyl groups is 1. The van der Waals surface area contributed by atoms with Crippen molar-refractivity contribution in [1.29, 1.82) is 0 Å². The zero-order valence-electron chi connectivity index (χ0n) is 11.9. The average Bonchev–Trinajstić information content (AvgIpc) is 2.34. The highest BCUT2D eigenvalue weighted by Crippen LogP contribution is 2.44. The molecule has 0 aliphatic heterocycles. The van der Waals surface area contributed by atoms with E-state index in [-0.39, 0.29) is 0 Å². The highest BCUT2D eigenvalue weighted by Gasteiger charge is 2.50. The predicted octanol–water partition coefficient (Wildman–Crippen LogP) is 3.07. The molecule has 1 fully saturated rings. The Bertz CT molecular complexity index is 408. The second-order valence-corrected chi connectivity index (χ2v) is 6.83. The van der Waals surface area contributed by atoms with E-state index in [0.29, 0.717) is 6.42 Å². The summed E-state index contributed by atoms with van der Waals surface area (Å²) in [5, 5.41) is 11.1. The molecule has 2 rings (SSSR count). The first kappa shape index (κ1) is 14.8. The third-order valence-electron chi connectivity index (χ3n) is 4.15. The van der Waals surface area contributed by atoms with E-state index in [2.05, 4.69) is 17.0 Å². The van der Waals surface area contributed by atoms with Gasteiger partial charge in [-0.3, -0.25) is 0 Å². The lowest BCUT2D eigenvalue weighted by atomic mass is 9.71. The smallest absolute Gasteiger partial charge is 0.0891 e. The molecule has 1 aromatic carbocycles. The summed E-state index contributed by atoms with van der Waals surface area (Å²) in [6.45, 7) is 0.720. The van der Waals surface area contributed by atoms with Crippen LogP contribution >= 0.6 is 11.6 Å². The van der Waals surface area contributed by atoms with Crippen LogP contribution in [0.3, 0.4) is 0 Å². The second kappa shape index (κ2) is 5.82. The number of hydrogen-bond acceptors (Lipinski definition) is 2. The van der Waals surface area contributed by atoms with Crippen molar-refractivity contribution in [2.24, 2.45) is 0 Å². The van der Waals surface area contributed by atoms with E-state index in [1.807, 2.05) is 32.3 Å². The fourth-order valence-corrected chi connectivity index (χ4v) is 3.72. The molecule has 1 N–H and O–H groups in total. The van der Waals surface area contributed by atoms with E-state index in [1.54, 1.807) is 0 Å². The van der Waals surface area contributed by atoms with E-state index in [1.165, 1.54) is 0 Å². The fourth-order valence-electron chi connectivity index (χ4n) is 3.19. The van der Waals surface area contributed by atoms with Crippen molar-refractivity contribution in [2.75, 3.05) is 20.6 Å². The van der Waals surface area contributed by atoms with Gasteiger partial charge in [-0.1, -0.05) is 43.2 Å². The summed E-state index contributed by atoms with van der Waals surface area (Å²) in [5.41, 5.74) is 0.356. The lowest BCUT2D eigenvalue weighted by Gasteiger charge is -2.48. The first-order valence-corrected chi connectivity index (χ1v) is 7.43. The molecule has 1 aromatic rings. The molecule has 2 unspecified atom stereocenters. The minimum atomic E-state index is -0.807. The largest absolute Gasteiger partial charge is 0.388 e. The Morgan fingerprint density at radius 1 is 1.16 bits per heavy atom. The van der Waals surface area contributed by atoms with Crippen molar-refractivity contribution in [1.82, 2.24) is 4.90 Å². The minimum Gasteiger partial charge on any atom is -0.388 e. The van der Waals surface area contributed by atoms with E-state index in [4.69, 9.17) is 11.6 Å². The fraction of sp³-hybridized carbons (Fsp3) is 0.625. The van der Waals surface area contributed by atoms with Crippen molar-refractivity contribution < 1.29 is 5.11 Å².